The third kappa shape index (κ3) is 5.68. The third-order valence-electron chi connectivity index (χ3n) is 4.85. The van der Waals surface area contributed by atoms with Gasteiger partial charge < -0.3 is 19.5 Å². The number of halogens is 1. The minimum Gasteiger partial charge on any atom is -0.496 e. The van der Waals surface area contributed by atoms with Crippen LogP contribution >= 0.6 is 11.6 Å². The summed E-state index contributed by atoms with van der Waals surface area (Å²) in [5, 5.41) is 2.95. The average Bonchev–Trinajstić information content (AvgIpc) is 2.78. The van der Waals surface area contributed by atoms with Crippen LogP contribution in [0.1, 0.15) is 18.5 Å². The lowest BCUT2D eigenvalue weighted by molar-refractivity contribution is -0.123. The second-order valence-electron chi connectivity index (χ2n) is 6.93. The van der Waals surface area contributed by atoms with Crippen LogP contribution in [-0.2, 0) is 19.6 Å². The number of carbonyl (C=O) groups excluding carboxylic acids is 1. The van der Waals surface area contributed by atoms with E-state index in [1.165, 1.54) is 22.5 Å². The lowest BCUT2D eigenvalue weighted by Crippen LogP contribution is -2.40. The molecule has 0 spiro atoms. The first-order valence-electron chi connectivity index (χ1n) is 9.75. The van der Waals surface area contributed by atoms with Crippen molar-refractivity contribution in [3.05, 3.63) is 53.1 Å². The van der Waals surface area contributed by atoms with Crippen LogP contribution in [0.5, 0.6) is 11.5 Å². The van der Waals surface area contributed by atoms with Gasteiger partial charge in [-0.25, -0.2) is 8.42 Å². The Morgan fingerprint density at radius 2 is 1.90 bits per heavy atom. The van der Waals surface area contributed by atoms with Crippen molar-refractivity contribution < 1.29 is 27.4 Å². The molecule has 1 aliphatic rings. The second-order valence-corrected chi connectivity index (χ2v) is 9.27. The summed E-state index contributed by atoms with van der Waals surface area (Å²) < 4.78 is 42.8. The van der Waals surface area contributed by atoms with E-state index in [-0.39, 0.29) is 34.2 Å². The minimum absolute atomic E-state index is 0.0704. The Kier molecular flexibility index (Phi) is 7.77. The van der Waals surface area contributed by atoms with Gasteiger partial charge in [0.25, 0.3) is 5.91 Å². The number of carbonyl (C=O) groups is 1. The Balaban J connectivity index is 1.61. The molecule has 1 atom stereocenters. The molecule has 0 saturated carbocycles. The highest BCUT2D eigenvalue weighted by molar-refractivity contribution is 7.89. The number of hydrogen-bond acceptors (Lipinski definition) is 6. The molecule has 168 valence electrons. The lowest BCUT2D eigenvalue weighted by atomic mass is 10.1. The Bertz CT molecular complexity index is 1020. The largest absolute Gasteiger partial charge is 0.496 e. The van der Waals surface area contributed by atoms with E-state index in [9.17, 15) is 13.2 Å². The maximum absolute atomic E-state index is 12.7. The van der Waals surface area contributed by atoms with Crippen molar-refractivity contribution in [1.82, 2.24) is 9.62 Å². The number of hydrogen-bond donors (Lipinski definition) is 1. The molecule has 8 nitrogen and oxygen atoms in total. The van der Waals surface area contributed by atoms with Gasteiger partial charge in [-0.15, -0.1) is 0 Å². The molecular formula is C21H25ClN2O6S. The summed E-state index contributed by atoms with van der Waals surface area (Å²) in [6, 6.07) is 11.3. The van der Waals surface area contributed by atoms with Crippen LogP contribution in [-0.4, -0.2) is 58.7 Å². The molecule has 1 N–H and O–H groups in total. The first kappa shape index (κ1) is 23.3. The second kappa shape index (κ2) is 10.3. The predicted octanol–water partition coefficient (Wildman–Crippen LogP) is 2.63. The van der Waals surface area contributed by atoms with E-state index >= 15 is 0 Å². The topological polar surface area (TPSA) is 94.2 Å². The molecule has 1 fully saturated rings. The summed E-state index contributed by atoms with van der Waals surface area (Å²) in [4.78, 5) is 12.4. The van der Waals surface area contributed by atoms with Gasteiger partial charge in [0.05, 0.1) is 36.3 Å². The number of morpholine rings is 1. The molecule has 31 heavy (non-hydrogen) atoms. The van der Waals surface area contributed by atoms with E-state index < -0.39 is 10.0 Å². The number of nitrogens with zero attached hydrogens (tertiary/aromatic N) is 1. The fraction of sp³-hybridized carbons (Fsp3) is 0.381. The molecular weight excluding hydrogens is 444 g/mol. The fourth-order valence-electron chi connectivity index (χ4n) is 3.22. The molecule has 1 heterocycles. The lowest BCUT2D eigenvalue weighted by Gasteiger charge is -2.26. The quantitative estimate of drug-likeness (QED) is 0.640. The van der Waals surface area contributed by atoms with E-state index in [0.717, 1.165) is 5.56 Å². The first-order valence-corrected chi connectivity index (χ1v) is 11.6. The van der Waals surface area contributed by atoms with Crippen LogP contribution in [0, 0.1) is 0 Å². The third-order valence-corrected chi connectivity index (χ3v) is 7.04. The van der Waals surface area contributed by atoms with Gasteiger partial charge in [0, 0.05) is 18.7 Å². The molecule has 0 unspecified atom stereocenters. The zero-order valence-electron chi connectivity index (χ0n) is 17.3. The Hall–Kier alpha value is -2.33. The molecule has 2 aromatic carbocycles. The number of rotatable bonds is 8. The molecule has 0 aromatic heterocycles. The summed E-state index contributed by atoms with van der Waals surface area (Å²) >= 11 is 6.22. The van der Waals surface area contributed by atoms with E-state index in [1.807, 2.05) is 31.2 Å². The number of sulfonamides is 1. The molecule has 10 heteroatoms. The van der Waals surface area contributed by atoms with Crippen molar-refractivity contribution in [2.24, 2.45) is 0 Å². The van der Waals surface area contributed by atoms with Gasteiger partial charge in [-0.2, -0.15) is 4.31 Å². The molecule has 1 aliphatic heterocycles. The molecule has 2 aromatic rings. The molecule has 0 radical (unpaired) electrons. The van der Waals surface area contributed by atoms with Crippen LogP contribution in [0.2, 0.25) is 5.02 Å². The van der Waals surface area contributed by atoms with Gasteiger partial charge in [0.15, 0.2) is 6.61 Å². The molecule has 1 amide bonds. The highest BCUT2D eigenvalue weighted by Crippen LogP contribution is 2.29. The van der Waals surface area contributed by atoms with Crippen molar-refractivity contribution >= 4 is 27.5 Å². The van der Waals surface area contributed by atoms with Crippen LogP contribution in [0.25, 0.3) is 0 Å². The van der Waals surface area contributed by atoms with Gasteiger partial charge in [-0.05, 0) is 31.2 Å². The van der Waals surface area contributed by atoms with Gasteiger partial charge in [0.1, 0.15) is 11.5 Å². The van der Waals surface area contributed by atoms with Crippen LogP contribution in [0.15, 0.2) is 47.4 Å². The first-order chi connectivity index (χ1) is 14.8. The van der Waals surface area contributed by atoms with Crippen molar-refractivity contribution in [3.63, 3.8) is 0 Å². The van der Waals surface area contributed by atoms with Gasteiger partial charge in [-0.1, -0.05) is 29.8 Å². The fourth-order valence-corrected chi connectivity index (χ4v) is 4.96. The van der Waals surface area contributed by atoms with E-state index in [2.05, 4.69) is 5.32 Å². The highest BCUT2D eigenvalue weighted by atomic mass is 35.5. The smallest absolute Gasteiger partial charge is 0.258 e. The van der Waals surface area contributed by atoms with Crippen LogP contribution < -0.4 is 14.8 Å². The minimum atomic E-state index is -3.66. The highest BCUT2D eigenvalue weighted by Gasteiger charge is 2.27. The monoisotopic (exact) mass is 468 g/mol. The van der Waals surface area contributed by atoms with Crippen molar-refractivity contribution in [1.29, 1.82) is 0 Å². The Morgan fingerprint density at radius 1 is 1.19 bits per heavy atom. The van der Waals surface area contributed by atoms with E-state index in [0.29, 0.717) is 32.1 Å². The van der Waals surface area contributed by atoms with Gasteiger partial charge in [-0.3, -0.25) is 4.79 Å². The summed E-state index contributed by atoms with van der Waals surface area (Å²) in [6.07, 6.45) is 0. The van der Waals surface area contributed by atoms with E-state index in [1.54, 1.807) is 7.11 Å². The van der Waals surface area contributed by atoms with Crippen molar-refractivity contribution in [2.75, 3.05) is 40.0 Å². The zero-order chi connectivity index (χ0) is 22.4. The van der Waals surface area contributed by atoms with Gasteiger partial charge >= 0.3 is 0 Å². The van der Waals surface area contributed by atoms with Crippen molar-refractivity contribution in [2.45, 2.75) is 17.9 Å². The van der Waals surface area contributed by atoms with Crippen molar-refractivity contribution in [3.8, 4) is 11.5 Å². The van der Waals surface area contributed by atoms with Crippen LogP contribution in [0.3, 0.4) is 0 Å². The number of benzene rings is 2. The summed E-state index contributed by atoms with van der Waals surface area (Å²) in [6.45, 7) is 2.88. The SMILES string of the molecule is COc1ccccc1[C@@H](C)NC(=O)COc1ccc(S(=O)(=O)N2CCOCC2)cc1Cl. The van der Waals surface area contributed by atoms with Crippen LogP contribution in [0.4, 0.5) is 0 Å². The number of methoxy groups -OCH3 is 1. The predicted molar refractivity (Wildman–Crippen MR) is 116 cm³/mol. The Labute approximate surface area is 187 Å². The number of para-hydroxylation sites is 1. The maximum Gasteiger partial charge on any atom is 0.258 e. The molecule has 0 aliphatic carbocycles. The standard InChI is InChI=1S/C21H25ClN2O6S/c1-15(17-5-3-4-6-19(17)28-2)23-21(25)14-30-20-8-7-16(13-18(20)22)31(26,27)24-9-11-29-12-10-24/h3-8,13,15H,9-12,14H2,1-2H3,(H,23,25)/t15-/m1/s1. The summed E-state index contributed by atoms with van der Waals surface area (Å²) in [5.41, 5.74) is 0.842. The normalized spacial score (nSPS) is 15.8. The Morgan fingerprint density at radius 3 is 2.58 bits per heavy atom. The number of ether oxygens (including phenoxy) is 3. The number of amides is 1. The van der Waals surface area contributed by atoms with Gasteiger partial charge in [0.2, 0.25) is 10.0 Å². The maximum atomic E-state index is 12.7. The summed E-state index contributed by atoms with van der Waals surface area (Å²) in [5.74, 6) is 0.554. The average molecular weight is 469 g/mol. The summed E-state index contributed by atoms with van der Waals surface area (Å²) in [7, 11) is -2.09. The number of nitrogens with one attached hydrogen (secondary N) is 1. The molecule has 1 saturated heterocycles. The molecule has 0 bridgehead atoms. The van der Waals surface area contributed by atoms with E-state index in [4.69, 9.17) is 25.8 Å². The zero-order valence-corrected chi connectivity index (χ0v) is 18.9. The molecule has 3 rings (SSSR count).